The van der Waals surface area contributed by atoms with Crippen molar-refractivity contribution in [2.75, 3.05) is 0 Å². The fraction of sp³-hybridized carbons (Fsp3) is 0.483. The Balaban J connectivity index is 1.85. The van der Waals surface area contributed by atoms with Crippen LogP contribution in [0.15, 0.2) is 43.0 Å². The molecule has 2 heterocycles. The maximum absolute atomic E-state index is 13.7. The quantitative estimate of drug-likeness (QED) is 0.145. The Labute approximate surface area is 239 Å². The summed E-state index contributed by atoms with van der Waals surface area (Å²) in [6, 6.07) is 3.48. The number of carboxylic acids is 1. The van der Waals surface area contributed by atoms with E-state index in [9.17, 15) is 24.3 Å². The molecule has 3 amide bonds. The summed E-state index contributed by atoms with van der Waals surface area (Å²) in [5.74, 6) is -3.46. The predicted molar refractivity (Wildman–Crippen MR) is 155 cm³/mol. The van der Waals surface area contributed by atoms with Gasteiger partial charge in [0.1, 0.15) is 18.1 Å². The Kier molecular flexibility index (Phi) is 11.0. The molecular weight excluding hydrogens is 526 g/mol. The molecule has 0 fully saturated rings. The molecule has 12 nitrogen and oxygen atoms in total. The van der Waals surface area contributed by atoms with Gasteiger partial charge in [-0.15, -0.1) is 0 Å². The average Bonchev–Trinajstić information content (AvgIpc) is 3.62. The van der Waals surface area contributed by atoms with Gasteiger partial charge in [0, 0.05) is 41.8 Å². The Hall–Kier alpha value is -4.19. The third-order valence-electron chi connectivity index (χ3n) is 7.63. The summed E-state index contributed by atoms with van der Waals surface area (Å²) in [7, 11) is 0. The van der Waals surface area contributed by atoms with Crippen molar-refractivity contribution in [1.29, 1.82) is 0 Å². The second-order valence-corrected chi connectivity index (χ2v) is 10.6. The molecule has 0 aliphatic carbocycles. The summed E-state index contributed by atoms with van der Waals surface area (Å²) in [6.07, 6.45) is 6.27. The van der Waals surface area contributed by atoms with Crippen LogP contribution in [-0.2, 0) is 32.0 Å². The number of carbonyl (C=O) groups is 4. The molecule has 0 aliphatic heterocycles. The van der Waals surface area contributed by atoms with Gasteiger partial charge in [-0.1, -0.05) is 58.7 Å². The highest BCUT2D eigenvalue weighted by atomic mass is 16.4. The molecule has 0 aliphatic rings. The third kappa shape index (κ3) is 8.16. The first-order chi connectivity index (χ1) is 19.5. The minimum Gasteiger partial charge on any atom is -0.480 e. The first kappa shape index (κ1) is 31.3. The van der Waals surface area contributed by atoms with Crippen LogP contribution in [0.1, 0.15) is 51.8 Å². The number of para-hydroxylation sites is 1. The van der Waals surface area contributed by atoms with Crippen LogP contribution in [0, 0.1) is 11.8 Å². The van der Waals surface area contributed by atoms with Crippen molar-refractivity contribution < 1.29 is 24.3 Å². The molecular formula is C29H41N7O5. The number of nitrogens with one attached hydrogen (secondary N) is 5. The molecule has 2 aromatic heterocycles. The molecule has 12 heteroatoms. The van der Waals surface area contributed by atoms with Gasteiger partial charge in [-0.25, -0.2) is 9.78 Å². The summed E-state index contributed by atoms with van der Waals surface area (Å²) < 4.78 is 0. The van der Waals surface area contributed by atoms with Crippen LogP contribution >= 0.6 is 0 Å². The molecule has 222 valence electrons. The van der Waals surface area contributed by atoms with E-state index in [1.54, 1.807) is 26.2 Å². The van der Waals surface area contributed by atoms with Crippen LogP contribution in [0.5, 0.6) is 0 Å². The van der Waals surface area contributed by atoms with Gasteiger partial charge in [0.15, 0.2) is 0 Å². The number of aromatic amines is 2. The van der Waals surface area contributed by atoms with Gasteiger partial charge in [-0.3, -0.25) is 14.4 Å². The van der Waals surface area contributed by atoms with E-state index in [2.05, 4.69) is 30.9 Å². The maximum Gasteiger partial charge on any atom is 0.326 e. The number of rotatable bonds is 15. The van der Waals surface area contributed by atoms with Gasteiger partial charge < -0.3 is 36.8 Å². The third-order valence-corrected chi connectivity index (χ3v) is 7.63. The van der Waals surface area contributed by atoms with E-state index in [1.165, 1.54) is 6.33 Å². The second kappa shape index (κ2) is 14.4. The standard InChI is InChI=1S/C29H41N7O5/c1-5-16(3)24(28(39)36-25(29(40)41)17(4)6-2)35-27(38)23(11-18-13-32-22-10-8-7-9-20(18)22)34-26(37)21(30)12-19-14-31-15-33-19/h7-10,13-17,21,23-25,32H,5-6,11-12,30H2,1-4H3,(H,31,33)(H,34,37)(H,35,38)(H,36,39)(H,40,41). The molecule has 6 unspecified atom stereocenters. The van der Waals surface area contributed by atoms with Crippen LogP contribution in [0.2, 0.25) is 0 Å². The SMILES string of the molecule is CCC(C)C(NC(=O)C(NC(=O)C(Cc1c[nH]c2ccccc12)NC(=O)C(N)Cc1cnc[nH]1)C(C)CC)C(=O)O. The number of imidazole rings is 1. The first-order valence-corrected chi connectivity index (χ1v) is 14.0. The second-order valence-electron chi connectivity index (χ2n) is 10.6. The number of carbonyl (C=O) groups excluding carboxylic acids is 3. The van der Waals surface area contributed by atoms with E-state index in [0.717, 1.165) is 16.5 Å². The van der Waals surface area contributed by atoms with E-state index in [4.69, 9.17) is 5.73 Å². The monoisotopic (exact) mass is 567 g/mol. The van der Waals surface area contributed by atoms with E-state index < -0.39 is 47.9 Å². The van der Waals surface area contributed by atoms with Gasteiger partial charge in [-0.05, 0) is 23.5 Å². The number of nitrogens with zero attached hydrogens (tertiary/aromatic N) is 1. The maximum atomic E-state index is 13.7. The molecule has 1 aromatic carbocycles. The van der Waals surface area contributed by atoms with Crippen LogP contribution in [-0.4, -0.2) is 67.9 Å². The number of fused-ring (bicyclic) bond motifs is 1. The normalized spacial score (nSPS) is 15.7. The number of aromatic nitrogens is 3. The number of benzene rings is 1. The van der Waals surface area contributed by atoms with Gasteiger partial charge in [0.05, 0.1) is 12.4 Å². The van der Waals surface area contributed by atoms with Crippen molar-refractivity contribution in [3.8, 4) is 0 Å². The lowest BCUT2D eigenvalue weighted by Gasteiger charge is -2.29. The van der Waals surface area contributed by atoms with Crippen LogP contribution in [0.25, 0.3) is 10.9 Å². The van der Waals surface area contributed by atoms with Gasteiger partial charge in [0.25, 0.3) is 0 Å². The molecule has 0 saturated heterocycles. The fourth-order valence-corrected chi connectivity index (χ4v) is 4.62. The minimum atomic E-state index is -1.14. The smallest absolute Gasteiger partial charge is 0.326 e. The summed E-state index contributed by atoms with van der Waals surface area (Å²) >= 11 is 0. The number of H-pyrrole nitrogens is 2. The predicted octanol–water partition coefficient (Wildman–Crippen LogP) is 1.63. The van der Waals surface area contributed by atoms with E-state index in [-0.39, 0.29) is 24.7 Å². The minimum absolute atomic E-state index is 0.137. The molecule has 0 saturated carbocycles. The first-order valence-electron chi connectivity index (χ1n) is 14.0. The number of aliphatic carboxylic acids is 1. The van der Waals surface area contributed by atoms with Crippen LogP contribution in [0.4, 0.5) is 0 Å². The van der Waals surface area contributed by atoms with Crippen molar-refractivity contribution >= 4 is 34.6 Å². The van der Waals surface area contributed by atoms with E-state index >= 15 is 0 Å². The number of carboxylic acid groups (broad SMARTS) is 1. The summed E-state index contributed by atoms with van der Waals surface area (Å²) in [6.45, 7) is 7.27. The molecule has 0 bridgehead atoms. The van der Waals surface area contributed by atoms with Crippen LogP contribution in [0.3, 0.4) is 0 Å². The lowest BCUT2D eigenvalue weighted by atomic mass is 9.94. The van der Waals surface area contributed by atoms with Crippen molar-refractivity contribution in [1.82, 2.24) is 30.9 Å². The van der Waals surface area contributed by atoms with Crippen molar-refractivity contribution in [3.05, 3.63) is 54.2 Å². The highest BCUT2D eigenvalue weighted by Crippen LogP contribution is 2.20. The topological polar surface area (TPSA) is 195 Å². The molecule has 8 N–H and O–H groups in total. The Morgan fingerprint density at radius 1 is 0.902 bits per heavy atom. The molecule has 6 atom stereocenters. The zero-order valence-electron chi connectivity index (χ0n) is 23.9. The lowest BCUT2D eigenvalue weighted by Crippen LogP contribution is -2.59. The molecule has 3 aromatic rings. The van der Waals surface area contributed by atoms with E-state index in [1.807, 2.05) is 38.1 Å². The molecule has 3 rings (SSSR count). The van der Waals surface area contributed by atoms with Gasteiger partial charge in [-0.2, -0.15) is 0 Å². The zero-order chi connectivity index (χ0) is 30.1. The number of hydrogen-bond donors (Lipinski definition) is 7. The summed E-state index contributed by atoms with van der Waals surface area (Å²) in [5.41, 5.74) is 8.50. The molecule has 0 spiro atoms. The van der Waals surface area contributed by atoms with Crippen LogP contribution < -0.4 is 21.7 Å². The number of nitrogens with two attached hydrogens (primary N) is 1. The van der Waals surface area contributed by atoms with Gasteiger partial charge >= 0.3 is 5.97 Å². The Morgan fingerprint density at radius 3 is 2.20 bits per heavy atom. The molecule has 41 heavy (non-hydrogen) atoms. The largest absolute Gasteiger partial charge is 0.480 e. The molecule has 0 radical (unpaired) electrons. The summed E-state index contributed by atoms with van der Waals surface area (Å²) in [5, 5.41) is 18.7. The van der Waals surface area contributed by atoms with Gasteiger partial charge in [0.2, 0.25) is 17.7 Å². The zero-order valence-corrected chi connectivity index (χ0v) is 23.9. The van der Waals surface area contributed by atoms with Crippen molar-refractivity contribution in [2.24, 2.45) is 17.6 Å². The van der Waals surface area contributed by atoms with E-state index in [0.29, 0.717) is 18.5 Å². The van der Waals surface area contributed by atoms with Crippen molar-refractivity contribution in [2.45, 2.75) is 77.5 Å². The fourth-order valence-electron chi connectivity index (χ4n) is 4.62. The highest BCUT2D eigenvalue weighted by molar-refractivity contribution is 5.95. The number of hydrogen-bond acceptors (Lipinski definition) is 6. The van der Waals surface area contributed by atoms with Crippen molar-refractivity contribution in [3.63, 3.8) is 0 Å². The summed E-state index contributed by atoms with van der Waals surface area (Å²) in [4.78, 5) is 62.0. The number of amides is 3. The Morgan fingerprint density at radius 2 is 1.56 bits per heavy atom. The highest BCUT2D eigenvalue weighted by Gasteiger charge is 2.34. The average molecular weight is 568 g/mol. The Bertz CT molecular complexity index is 1320. The lowest BCUT2D eigenvalue weighted by molar-refractivity contribution is -0.144.